The molecular formula is C20H26N4O5. The molecule has 1 aromatic rings. The second-order valence-corrected chi connectivity index (χ2v) is 8.19. The standard InChI is InChI=1S/C20H26N4O5/c1-12-5-4-6-16(13(12)2)21-17(25)11-23-18(26)20(3,22-19(23)27)14-7-9-15(10-8-14)24(28)29/h7-10,12-13,16H,4-6,11H2,1-3H3,(H,21,25)(H,22,27). The van der Waals surface area contributed by atoms with Gasteiger partial charge in [-0.15, -0.1) is 0 Å². The average Bonchev–Trinajstić information content (AvgIpc) is 2.89. The summed E-state index contributed by atoms with van der Waals surface area (Å²) in [5, 5.41) is 16.4. The van der Waals surface area contributed by atoms with Crippen LogP contribution in [0, 0.1) is 22.0 Å². The molecule has 0 spiro atoms. The van der Waals surface area contributed by atoms with E-state index in [0.29, 0.717) is 17.4 Å². The molecule has 1 saturated carbocycles. The van der Waals surface area contributed by atoms with E-state index in [2.05, 4.69) is 24.5 Å². The number of non-ortho nitro benzene ring substituents is 1. The van der Waals surface area contributed by atoms with Gasteiger partial charge in [0, 0.05) is 18.2 Å². The Bertz CT molecular complexity index is 840. The molecule has 4 atom stereocenters. The third-order valence-corrected chi connectivity index (χ3v) is 6.29. The largest absolute Gasteiger partial charge is 0.352 e. The molecule has 4 unspecified atom stereocenters. The lowest BCUT2D eigenvalue weighted by molar-refractivity contribution is -0.384. The molecule has 2 fully saturated rings. The van der Waals surface area contributed by atoms with Crippen molar-refractivity contribution in [2.75, 3.05) is 6.54 Å². The maximum Gasteiger partial charge on any atom is 0.325 e. The van der Waals surface area contributed by atoms with Crippen molar-refractivity contribution in [3.8, 4) is 0 Å². The summed E-state index contributed by atoms with van der Waals surface area (Å²) in [6.07, 6.45) is 3.06. The van der Waals surface area contributed by atoms with E-state index in [1.165, 1.54) is 31.2 Å². The zero-order valence-corrected chi connectivity index (χ0v) is 16.8. The number of nitro groups is 1. The second kappa shape index (κ2) is 7.81. The molecular weight excluding hydrogens is 376 g/mol. The number of rotatable bonds is 5. The van der Waals surface area contributed by atoms with Crippen LogP contribution in [-0.2, 0) is 15.1 Å². The third kappa shape index (κ3) is 3.94. The van der Waals surface area contributed by atoms with Crippen molar-refractivity contribution in [3.63, 3.8) is 0 Å². The molecule has 4 amide bonds. The van der Waals surface area contributed by atoms with Crippen molar-refractivity contribution in [3.05, 3.63) is 39.9 Å². The van der Waals surface area contributed by atoms with Gasteiger partial charge >= 0.3 is 6.03 Å². The Morgan fingerprint density at radius 2 is 1.93 bits per heavy atom. The Kier molecular flexibility index (Phi) is 5.59. The smallest absolute Gasteiger partial charge is 0.325 e. The van der Waals surface area contributed by atoms with Crippen LogP contribution in [0.1, 0.15) is 45.6 Å². The summed E-state index contributed by atoms with van der Waals surface area (Å²) >= 11 is 0. The van der Waals surface area contributed by atoms with Crippen LogP contribution in [0.5, 0.6) is 0 Å². The van der Waals surface area contributed by atoms with Crippen LogP contribution in [0.4, 0.5) is 10.5 Å². The molecule has 9 heteroatoms. The summed E-state index contributed by atoms with van der Waals surface area (Å²) in [4.78, 5) is 49.0. The van der Waals surface area contributed by atoms with Gasteiger partial charge in [0.15, 0.2) is 0 Å². The summed E-state index contributed by atoms with van der Waals surface area (Å²) in [5.74, 6) is -0.0821. The highest BCUT2D eigenvalue weighted by Gasteiger charge is 2.49. The SMILES string of the molecule is CC1CCCC(NC(=O)CN2C(=O)NC(C)(c3ccc([N+](=O)[O-])cc3)C2=O)C1C. The molecule has 0 aromatic heterocycles. The fraction of sp³-hybridized carbons (Fsp3) is 0.550. The van der Waals surface area contributed by atoms with E-state index in [9.17, 15) is 24.5 Å². The normalized spacial score (nSPS) is 29.5. The number of imide groups is 1. The van der Waals surface area contributed by atoms with Gasteiger partial charge < -0.3 is 10.6 Å². The summed E-state index contributed by atoms with van der Waals surface area (Å²) in [7, 11) is 0. The van der Waals surface area contributed by atoms with Gasteiger partial charge in [-0.25, -0.2) is 4.79 Å². The quantitative estimate of drug-likeness (QED) is 0.445. The Labute approximate surface area is 169 Å². The van der Waals surface area contributed by atoms with Crippen LogP contribution in [0.15, 0.2) is 24.3 Å². The van der Waals surface area contributed by atoms with Gasteiger partial charge in [-0.1, -0.05) is 26.7 Å². The number of carbonyl (C=O) groups excluding carboxylic acids is 3. The van der Waals surface area contributed by atoms with Gasteiger partial charge in [0.25, 0.3) is 11.6 Å². The Balaban J connectivity index is 1.69. The maximum atomic E-state index is 12.9. The predicted molar refractivity (Wildman–Crippen MR) is 105 cm³/mol. The molecule has 29 heavy (non-hydrogen) atoms. The van der Waals surface area contributed by atoms with E-state index in [1.54, 1.807) is 0 Å². The minimum Gasteiger partial charge on any atom is -0.352 e. The molecule has 1 saturated heterocycles. The minimum atomic E-state index is -1.38. The van der Waals surface area contributed by atoms with Crippen LogP contribution in [0.25, 0.3) is 0 Å². The van der Waals surface area contributed by atoms with Crippen LogP contribution >= 0.6 is 0 Å². The average molecular weight is 402 g/mol. The van der Waals surface area contributed by atoms with Crippen LogP contribution in [0.3, 0.4) is 0 Å². The van der Waals surface area contributed by atoms with Gasteiger partial charge in [-0.3, -0.25) is 24.6 Å². The molecule has 1 aliphatic heterocycles. The van der Waals surface area contributed by atoms with Gasteiger partial charge in [-0.2, -0.15) is 0 Å². The topological polar surface area (TPSA) is 122 Å². The number of urea groups is 1. The summed E-state index contributed by atoms with van der Waals surface area (Å²) in [5.41, 5.74) is -1.07. The highest BCUT2D eigenvalue weighted by Crippen LogP contribution is 2.31. The number of nitrogens with one attached hydrogen (secondary N) is 2. The summed E-state index contributed by atoms with van der Waals surface area (Å²) in [6, 6.07) is 4.81. The lowest BCUT2D eigenvalue weighted by Crippen LogP contribution is -2.48. The summed E-state index contributed by atoms with van der Waals surface area (Å²) < 4.78 is 0. The molecule has 1 aliphatic carbocycles. The van der Waals surface area contributed by atoms with E-state index in [1.807, 2.05) is 0 Å². The summed E-state index contributed by atoms with van der Waals surface area (Å²) in [6.45, 7) is 5.44. The number of benzene rings is 1. The predicted octanol–water partition coefficient (Wildman–Crippen LogP) is 2.30. The Hall–Kier alpha value is -2.97. The molecule has 2 aliphatic rings. The van der Waals surface area contributed by atoms with Crippen LogP contribution < -0.4 is 10.6 Å². The van der Waals surface area contributed by atoms with Crippen molar-refractivity contribution in [2.24, 2.45) is 11.8 Å². The molecule has 9 nitrogen and oxygen atoms in total. The van der Waals surface area contributed by atoms with E-state index >= 15 is 0 Å². The van der Waals surface area contributed by atoms with Gasteiger partial charge in [0.2, 0.25) is 5.91 Å². The van der Waals surface area contributed by atoms with Crippen LogP contribution in [0.2, 0.25) is 0 Å². The molecule has 1 aromatic carbocycles. The first-order chi connectivity index (χ1) is 13.6. The van der Waals surface area contributed by atoms with E-state index < -0.39 is 22.4 Å². The van der Waals surface area contributed by atoms with Crippen molar-refractivity contribution in [1.82, 2.24) is 15.5 Å². The zero-order valence-electron chi connectivity index (χ0n) is 16.8. The van der Waals surface area contributed by atoms with Crippen molar-refractivity contribution in [2.45, 2.75) is 51.6 Å². The number of hydrogen-bond acceptors (Lipinski definition) is 5. The van der Waals surface area contributed by atoms with Crippen LogP contribution in [-0.4, -0.2) is 40.3 Å². The lowest BCUT2D eigenvalue weighted by atomic mass is 9.78. The monoisotopic (exact) mass is 402 g/mol. The first-order valence-corrected chi connectivity index (χ1v) is 9.82. The Morgan fingerprint density at radius 1 is 1.28 bits per heavy atom. The van der Waals surface area contributed by atoms with E-state index in [4.69, 9.17) is 0 Å². The first kappa shape index (κ1) is 20.8. The van der Waals surface area contributed by atoms with Gasteiger partial charge in [0.1, 0.15) is 12.1 Å². The van der Waals surface area contributed by atoms with Gasteiger partial charge in [0.05, 0.1) is 4.92 Å². The second-order valence-electron chi connectivity index (χ2n) is 8.19. The molecule has 156 valence electrons. The van der Waals surface area contributed by atoms with Crippen molar-refractivity contribution in [1.29, 1.82) is 0 Å². The highest BCUT2D eigenvalue weighted by molar-refractivity contribution is 6.09. The number of amides is 4. The van der Waals surface area contributed by atoms with Crippen molar-refractivity contribution >= 4 is 23.5 Å². The van der Waals surface area contributed by atoms with Crippen molar-refractivity contribution < 1.29 is 19.3 Å². The highest BCUT2D eigenvalue weighted by atomic mass is 16.6. The zero-order chi connectivity index (χ0) is 21.3. The first-order valence-electron chi connectivity index (χ1n) is 9.82. The third-order valence-electron chi connectivity index (χ3n) is 6.29. The molecule has 1 heterocycles. The Morgan fingerprint density at radius 3 is 2.55 bits per heavy atom. The number of nitrogens with zero attached hydrogens (tertiary/aromatic N) is 2. The minimum absolute atomic E-state index is 0.0353. The number of hydrogen-bond donors (Lipinski definition) is 2. The number of nitro benzene ring substituents is 1. The fourth-order valence-corrected chi connectivity index (χ4v) is 4.13. The lowest BCUT2D eigenvalue weighted by Gasteiger charge is -2.34. The van der Waals surface area contributed by atoms with Gasteiger partial charge in [-0.05, 0) is 42.9 Å². The molecule has 2 N–H and O–H groups in total. The molecule has 3 rings (SSSR count). The van der Waals surface area contributed by atoms with E-state index in [-0.39, 0.29) is 24.2 Å². The molecule has 0 radical (unpaired) electrons. The molecule has 0 bridgehead atoms. The number of carbonyl (C=O) groups is 3. The maximum absolute atomic E-state index is 12.9. The fourth-order valence-electron chi connectivity index (χ4n) is 4.13. The van der Waals surface area contributed by atoms with E-state index in [0.717, 1.165) is 24.2 Å².